The molecule has 0 spiro atoms. The summed E-state index contributed by atoms with van der Waals surface area (Å²) in [5, 5.41) is 1.18. The van der Waals surface area contributed by atoms with Crippen LogP contribution < -0.4 is 4.46 Å². The van der Waals surface area contributed by atoms with Gasteiger partial charge >= 0.3 is 92.8 Å². The van der Waals surface area contributed by atoms with Crippen LogP contribution in [0.1, 0.15) is 20.3 Å². The minimum atomic E-state index is 0.418. The van der Waals surface area contributed by atoms with Crippen molar-refractivity contribution in [2.45, 2.75) is 31.7 Å². The number of benzene rings is 1. The third kappa shape index (κ3) is 4.80. The van der Waals surface area contributed by atoms with Crippen LogP contribution in [0.25, 0.3) is 0 Å². The molecule has 0 fully saturated rings. The first kappa shape index (κ1) is 11.8. The second-order valence-electron chi connectivity index (χ2n) is 3.25. The average Bonchev–Trinajstić information content (AvgIpc) is 2.25. The first-order valence-corrected chi connectivity index (χ1v) is 7.19. The van der Waals surface area contributed by atoms with Gasteiger partial charge in [0.2, 0.25) is 0 Å². The summed E-state index contributed by atoms with van der Waals surface area (Å²) in [6.45, 7) is 5.20. The maximum atomic E-state index is 5.63. The summed E-state index contributed by atoms with van der Waals surface area (Å²) in [6.07, 6.45) is 1.53. The average molecular weight is 257 g/mol. The van der Waals surface area contributed by atoms with Crippen LogP contribution in [0.2, 0.25) is 5.32 Å². The van der Waals surface area contributed by atoms with Crippen molar-refractivity contribution < 1.29 is 4.74 Å². The quantitative estimate of drug-likeness (QED) is 0.561. The zero-order valence-corrected chi connectivity index (χ0v) is 10.6. The summed E-state index contributed by atoms with van der Waals surface area (Å²) >= 11 is 0.578. The molecule has 0 aliphatic heterocycles. The zero-order valence-electron chi connectivity index (χ0n) is 8.90. The Kier molecular flexibility index (Phi) is 5.93. The Morgan fingerprint density at radius 1 is 1.29 bits per heavy atom. The van der Waals surface area contributed by atoms with E-state index in [9.17, 15) is 0 Å². The van der Waals surface area contributed by atoms with E-state index in [0.29, 0.717) is 21.1 Å². The molecule has 0 heterocycles. The van der Waals surface area contributed by atoms with Gasteiger partial charge in [-0.1, -0.05) is 0 Å². The van der Waals surface area contributed by atoms with Gasteiger partial charge in [-0.3, -0.25) is 0 Å². The standard InChI is InChI=1S/C12H18OSe/c1-3-11(2)13-9-10-14-12-7-5-4-6-8-12/h4-8,11H,3,9-10H2,1-2H3. The third-order valence-electron chi connectivity index (χ3n) is 2.07. The summed E-state index contributed by atoms with van der Waals surface area (Å²) in [6, 6.07) is 10.7. The Morgan fingerprint density at radius 3 is 2.64 bits per heavy atom. The number of hydrogen-bond acceptors (Lipinski definition) is 1. The topological polar surface area (TPSA) is 9.23 Å². The molecule has 0 N–H and O–H groups in total. The van der Waals surface area contributed by atoms with Crippen LogP contribution in [0.15, 0.2) is 30.3 Å². The monoisotopic (exact) mass is 258 g/mol. The van der Waals surface area contributed by atoms with Crippen LogP contribution >= 0.6 is 0 Å². The molecule has 0 aromatic heterocycles. The number of ether oxygens (including phenoxy) is 1. The molecule has 1 aromatic carbocycles. The summed E-state index contributed by atoms with van der Waals surface area (Å²) in [4.78, 5) is 0. The second kappa shape index (κ2) is 7.05. The van der Waals surface area contributed by atoms with Crippen molar-refractivity contribution in [2.75, 3.05) is 6.61 Å². The molecule has 1 aromatic rings. The molecule has 0 aliphatic carbocycles. The van der Waals surface area contributed by atoms with Crippen molar-refractivity contribution in [1.82, 2.24) is 0 Å². The Bertz CT molecular complexity index is 235. The van der Waals surface area contributed by atoms with Crippen LogP contribution in [-0.4, -0.2) is 27.7 Å². The van der Waals surface area contributed by atoms with E-state index in [-0.39, 0.29) is 0 Å². The van der Waals surface area contributed by atoms with Gasteiger partial charge in [0.1, 0.15) is 0 Å². The van der Waals surface area contributed by atoms with E-state index in [1.165, 1.54) is 9.78 Å². The molecule has 1 atom stereocenters. The van der Waals surface area contributed by atoms with Crippen LogP contribution in [0.4, 0.5) is 0 Å². The molecule has 1 unspecified atom stereocenters. The minimum absolute atomic E-state index is 0.418. The van der Waals surface area contributed by atoms with Crippen molar-refractivity contribution in [1.29, 1.82) is 0 Å². The Labute approximate surface area is 93.0 Å². The van der Waals surface area contributed by atoms with Crippen molar-refractivity contribution >= 4 is 19.4 Å². The van der Waals surface area contributed by atoms with Crippen LogP contribution in [-0.2, 0) is 4.74 Å². The fourth-order valence-electron chi connectivity index (χ4n) is 1.04. The van der Waals surface area contributed by atoms with Gasteiger partial charge in [0, 0.05) is 0 Å². The van der Waals surface area contributed by atoms with E-state index in [1.807, 2.05) is 0 Å². The predicted molar refractivity (Wildman–Crippen MR) is 62.3 cm³/mol. The van der Waals surface area contributed by atoms with E-state index < -0.39 is 0 Å². The van der Waals surface area contributed by atoms with E-state index in [1.54, 1.807) is 0 Å². The van der Waals surface area contributed by atoms with Gasteiger partial charge in [-0.25, -0.2) is 0 Å². The number of rotatable bonds is 6. The third-order valence-corrected chi connectivity index (χ3v) is 4.12. The van der Waals surface area contributed by atoms with Crippen molar-refractivity contribution in [3.63, 3.8) is 0 Å². The second-order valence-corrected chi connectivity index (χ2v) is 5.70. The molecule has 0 amide bonds. The molecule has 78 valence electrons. The van der Waals surface area contributed by atoms with Gasteiger partial charge in [0.25, 0.3) is 0 Å². The molecule has 14 heavy (non-hydrogen) atoms. The molecule has 2 heteroatoms. The molecular weight excluding hydrogens is 239 g/mol. The van der Waals surface area contributed by atoms with Gasteiger partial charge < -0.3 is 0 Å². The Hall–Kier alpha value is -0.301. The van der Waals surface area contributed by atoms with E-state index in [0.717, 1.165) is 13.0 Å². The summed E-state index contributed by atoms with van der Waals surface area (Å²) < 4.78 is 7.09. The van der Waals surface area contributed by atoms with E-state index in [2.05, 4.69) is 44.2 Å². The summed E-state index contributed by atoms with van der Waals surface area (Å²) in [7, 11) is 0. The van der Waals surface area contributed by atoms with Crippen LogP contribution in [0.5, 0.6) is 0 Å². The molecule has 0 radical (unpaired) electrons. The molecular formula is C12H18OSe. The van der Waals surface area contributed by atoms with E-state index in [4.69, 9.17) is 4.74 Å². The fourth-order valence-corrected chi connectivity index (χ4v) is 2.65. The first-order valence-electron chi connectivity index (χ1n) is 5.12. The van der Waals surface area contributed by atoms with Crippen molar-refractivity contribution in [3.05, 3.63) is 30.3 Å². The number of hydrogen-bond donors (Lipinski definition) is 0. The molecule has 1 nitrogen and oxygen atoms in total. The summed E-state index contributed by atoms with van der Waals surface area (Å²) in [5.74, 6) is 0. The van der Waals surface area contributed by atoms with Crippen molar-refractivity contribution in [3.8, 4) is 0 Å². The normalized spacial score (nSPS) is 12.7. The summed E-state index contributed by atoms with van der Waals surface area (Å²) in [5.41, 5.74) is 0. The van der Waals surface area contributed by atoms with Gasteiger partial charge in [-0.15, -0.1) is 0 Å². The van der Waals surface area contributed by atoms with E-state index >= 15 is 0 Å². The molecule has 0 bridgehead atoms. The van der Waals surface area contributed by atoms with Gasteiger partial charge in [-0.2, -0.15) is 0 Å². The van der Waals surface area contributed by atoms with Crippen molar-refractivity contribution in [2.24, 2.45) is 0 Å². The van der Waals surface area contributed by atoms with Gasteiger partial charge in [-0.05, 0) is 0 Å². The van der Waals surface area contributed by atoms with Crippen LogP contribution in [0, 0.1) is 0 Å². The zero-order chi connectivity index (χ0) is 10.2. The fraction of sp³-hybridized carbons (Fsp3) is 0.500. The maximum absolute atomic E-state index is 5.63. The van der Waals surface area contributed by atoms with Gasteiger partial charge in [0.05, 0.1) is 0 Å². The molecule has 0 saturated carbocycles. The Morgan fingerprint density at radius 2 is 2.00 bits per heavy atom. The Balaban J connectivity index is 2.10. The molecule has 1 rings (SSSR count). The predicted octanol–water partition coefficient (Wildman–Crippen LogP) is 2.25. The molecule has 0 aliphatic rings. The first-order chi connectivity index (χ1) is 6.83. The van der Waals surface area contributed by atoms with Crippen LogP contribution in [0.3, 0.4) is 0 Å². The SMILES string of the molecule is CCC(C)OCC[Se]c1ccccc1. The van der Waals surface area contributed by atoms with Gasteiger partial charge in [0.15, 0.2) is 0 Å². The molecule has 0 saturated heterocycles.